The molecule has 0 unspecified atom stereocenters. The van der Waals surface area contributed by atoms with Gasteiger partial charge in [-0.15, -0.1) is 5.92 Å². The summed E-state index contributed by atoms with van der Waals surface area (Å²) >= 11 is 0. The van der Waals surface area contributed by atoms with Gasteiger partial charge >= 0.3 is 5.69 Å². The summed E-state index contributed by atoms with van der Waals surface area (Å²) in [6.07, 6.45) is 7.15. The van der Waals surface area contributed by atoms with Crippen LogP contribution in [-0.4, -0.2) is 55.3 Å². The maximum absolute atomic E-state index is 14.2. The summed E-state index contributed by atoms with van der Waals surface area (Å²) in [4.78, 5) is 52.6. The number of piperidine rings is 1. The summed E-state index contributed by atoms with van der Waals surface area (Å²) in [5, 5.41) is 3.07. The van der Waals surface area contributed by atoms with E-state index in [1.807, 2.05) is 18.2 Å². The van der Waals surface area contributed by atoms with Crippen molar-refractivity contribution < 1.29 is 4.79 Å². The highest BCUT2D eigenvalue weighted by Crippen LogP contribution is 2.33. The first-order valence-electron chi connectivity index (χ1n) is 14.1. The highest BCUT2D eigenvalue weighted by atomic mass is 16.2. The van der Waals surface area contributed by atoms with Crippen LogP contribution in [0.25, 0.3) is 22.1 Å². The van der Waals surface area contributed by atoms with E-state index in [2.05, 4.69) is 32.0 Å². The Kier molecular flexibility index (Phi) is 7.09. The summed E-state index contributed by atoms with van der Waals surface area (Å²) in [5.41, 5.74) is 8.47. The summed E-state index contributed by atoms with van der Waals surface area (Å²) < 4.78 is 4.44. The smallest absolute Gasteiger partial charge is 0.331 e. The number of hydrogen-bond donors (Lipinski definition) is 2. The molecule has 2 fully saturated rings. The molecule has 0 radical (unpaired) electrons. The molecule has 41 heavy (non-hydrogen) atoms. The third-order valence-corrected chi connectivity index (χ3v) is 8.03. The number of aryl methyl sites for hydroxylation is 1. The molecule has 4 aromatic rings. The van der Waals surface area contributed by atoms with Crippen LogP contribution in [0.1, 0.15) is 48.5 Å². The van der Waals surface area contributed by atoms with Crippen LogP contribution in [-0.2, 0) is 20.1 Å². The number of amides is 1. The fourth-order valence-electron chi connectivity index (χ4n) is 5.76. The highest BCUT2D eigenvalue weighted by Gasteiger charge is 2.33. The first kappa shape index (κ1) is 26.8. The summed E-state index contributed by atoms with van der Waals surface area (Å²) in [7, 11) is 1.62. The molecule has 1 saturated carbocycles. The number of rotatable bonds is 7. The van der Waals surface area contributed by atoms with Crippen LogP contribution in [0.3, 0.4) is 0 Å². The van der Waals surface area contributed by atoms with Crippen LogP contribution >= 0.6 is 0 Å². The topological polar surface area (TPSA) is 133 Å². The first-order valence-corrected chi connectivity index (χ1v) is 14.1. The van der Waals surface area contributed by atoms with Gasteiger partial charge in [-0.1, -0.05) is 12.0 Å². The zero-order chi connectivity index (χ0) is 28.7. The lowest BCUT2D eigenvalue weighted by Crippen LogP contribution is -2.44. The van der Waals surface area contributed by atoms with E-state index in [4.69, 9.17) is 5.73 Å². The second-order valence-electron chi connectivity index (χ2n) is 11.0. The van der Waals surface area contributed by atoms with E-state index < -0.39 is 11.2 Å². The van der Waals surface area contributed by atoms with Gasteiger partial charge in [0.2, 0.25) is 0 Å². The zero-order valence-corrected chi connectivity index (χ0v) is 23.4. The summed E-state index contributed by atoms with van der Waals surface area (Å²) in [5.74, 6) is 6.77. The molecule has 1 atom stereocenters. The molecule has 11 heteroatoms. The number of aromatic nitrogens is 5. The SMILES string of the molecule is CC#CCn1c(N2CCC[C@@H](N)C2)c(C(=O)NCC2CC2)c2c1c(=O)n(Cc1ccc3nccnc3c1)c(=O)n2C. The Bertz CT molecular complexity index is 1840. The average Bonchev–Trinajstić information content (AvgIpc) is 3.75. The molecule has 1 aliphatic heterocycles. The lowest BCUT2D eigenvalue weighted by atomic mass is 10.1. The van der Waals surface area contributed by atoms with Crippen molar-refractivity contribution in [3.8, 4) is 11.8 Å². The highest BCUT2D eigenvalue weighted by molar-refractivity contribution is 6.11. The quantitative estimate of drug-likeness (QED) is 0.332. The van der Waals surface area contributed by atoms with Crippen molar-refractivity contribution in [1.29, 1.82) is 0 Å². The van der Waals surface area contributed by atoms with Crippen LogP contribution in [0, 0.1) is 17.8 Å². The van der Waals surface area contributed by atoms with Gasteiger partial charge in [0.1, 0.15) is 16.9 Å². The van der Waals surface area contributed by atoms with Crippen LogP contribution in [0.2, 0.25) is 0 Å². The van der Waals surface area contributed by atoms with Gasteiger partial charge in [0, 0.05) is 45.1 Å². The number of benzene rings is 1. The standard InChI is InChI=1S/C30H34N8O3/c1-3-4-14-37-26-25(24(27(39)34-16-19-7-8-19)28(37)36-13-5-6-21(31)18-36)35(2)30(41)38(29(26)40)17-20-9-10-22-23(15-20)33-12-11-32-22/h9-12,15,19,21H,5-8,13-14,16-18,31H2,1-2H3,(H,34,39)/t21-/m1/s1. The predicted molar refractivity (Wildman–Crippen MR) is 158 cm³/mol. The van der Waals surface area contributed by atoms with Gasteiger partial charge in [-0.05, 0) is 56.2 Å². The molecule has 0 bridgehead atoms. The van der Waals surface area contributed by atoms with E-state index in [-0.39, 0.29) is 30.6 Å². The first-order chi connectivity index (χ1) is 19.9. The van der Waals surface area contributed by atoms with Gasteiger partial charge in [0.15, 0.2) is 0 Å². The minimum absolute atomic E-state index is 0.0473. The van der Waals surface area contributed by atoms with Gasteiger partial charge in [-0.3, -0.25) is 28.7 Å². The van der Waals surface area contributed by atoms with E-state index in [0.717, 1.165) is 36.8 Å². The minimum Gasteiger partial charge on any atom is -0.356 e. The monoisotopic (exact) mass is 554 g/mol. The second-order valence-corrected chi connectivity index (χ2v) is 11.0. The molecule has 0 spiro atoms. The fourth-order valence-corrected chi connectivity index (χ4v) is 5.76. The molecule has 2 aliphatic rings. The van der Waals surface area contributed by atoms with Crippen LogP contribution in [0.5, 0.6) is 0 Å². The Morgan fingerprint density at radius 1 is 1.10 bits per heavy atom. The molecule has 212 valence electrons. The van der Waals surface area contributed by atoms with E-state index in [1.54, 1.807) is 30.9 Å². The largest absolute Gasteiger partial charge is 0.356 e. The number of carbonyl (C=O) groups is 1. The normalized spacial score (nSPS) is 17.0. The van der Waals surface area contributed by atoms with Crippen LogP contribution < -0.4 is 27.2 Å². The van der Waals surface area contributed by atoms with E-state index in [9.17, 15) is 14.4 Å². The van der Waals surface area contributed by atoms with Crippen molar-refractivity contribution >= 4 is 33.8 Å². The Morgan fingerprint density at radius 3 is 2.61 bits per heavy atom. The average molecular weight is 555 g/mol. The Hall–Kier alpha value is -4.43. The minimum atomic E-state index is -0.501. The van der Waals surface area contributed by atoms with Gasteiger partial charge < -0.3 is 20.5 Å². The number of anilines is 1. The molecule has 1 aromatic carbocycles. The van der Waals surface area contributed by atoms with Crippen molar-refractivity contribution in [2.75, 3.05) is 24.5 Å². The number of nitrogens with one attached hydrogen (secondary N) is 1. The van der Waals surface area contributed by atoms with Crippen LogP contribution in [0.4, 0.5) is 5.82 Å². The van der Waals surface area contributed by atoms with E-state index in [1.165, 1.54) is 9.13 Å². The van der Waals surface area contributed by atoms with Crippen molar-refractivity contribution in [3.63, 3.8) is 0 Å². The molecular weight excluding hydrogens is 520 g/mol. The molecule has 3 aromatic heterocycles. The Balaban J connectivity index is 1.57. The molecule has 3 N–H and O–H groups in total. The van der Waals surface area contributed by atoms with Gasteiger partial charge in [-0.2, -0.15) is 0 Å². The molecule has 1 aliphatic carbocycles. The van der Waals surface area contributed by atoms with Gasteiger partial charge in [0.25, 0.3) is 11.5 Å². The van der Waals surface area contributed by atoms with Gasteiger partial charge in [-0.25, -0.2) is 4.79 Å². The van der Waals surface area contributed by atoms with Gasteiger partial charge in [0.05, 0.1) is 29.6 Å². The van der Waals surface area contributed by atoms with Crippen LogP contribution in [0.15, 0.2) is 40.2 Å². The third-order valence-electron chi connectivity index (χ3n) is 8.03. The molecular formula is C30H34N8O3. The lowest BCUT2D eigenvalue weighted by Gasteiger charge is -2.33. The van der Waals surface area contributed by atoms with Crippen molar-refractivity contribution in [1.82, 2.24) is 29.0 Å². The fraction of sp³-hybridized carbons (Fsp3) is 0.433. The lowest BCUT2D eigenvalue weighted by molar-refractivity contribution is 0.0953. The summed E-state index contributed by atoms with van der Waals surface area (Å²) in [6, 6.07) is 5.43. The van der Waals surface area contributed by atoms with E-state index in [0.29, 0.717) is 48.0 Å². The predicted octanol–water partition coefficient (Wildman–Crippen LogP) is 1.58. The number of hydrogen-bond acceptors (Lipinski definition) is 7. The summed E-state index contributed by atoms with van der Waals surface area (Å²) in [6.45, 7) is 3.78. The van der Waals surface area contributed by atoms with Crippen molar-refractivity contribution in [2.45, 2.75) is 51.7 Å². The molecule has 1 amide bonds. The Morgan fingerprint density at radius 2 is 1.88 bits per heavy atom. The molecule has 6 rings (SSSR count). The maximum atomic E-state index is 14.2. The third kappa shape index (κ3) is 5.00. The maximum Gasteiger partial charge on any atom is 0.331 e. The molecule has 1 saturated heterocycles. The van der Waals surface area contributed by atoms with E-state index >= 15 is 0 Å². The van der Waals surface area contributed by atoms with Crippen molar-refractivity contribution in [3.05, 3.63) is 62.6 Å². The number of nitrogens with two attached hydrogens (primary N) is 1. The van der Waals surface area contributed by atoms with Crippen molar-refractivity contribution in [2.24, 2.45) is 18.7 Å². The zero-order valence-electron chi connectivity index (χ0n) is 23.4. The number of nitrogens with zero attached hydrogens (tertiary/aromatic N) is 6. The molecule has 4 heterocycles. The molecule has 11 nitrogen and oxygen atoms in total. The second kappa shape index (κ2) is 10.9. The number of fused-ring (bicyclic) bond motifs is 2. The Labute approximate surface area is 237 Å². The number of carbonyl (C=O) groups excluding carboxylic acids is 1.